The van der Waals surface area contributed by atoms with Crippen LogP contribution in [-0.2, 0) is 7.05 Å². The standard InChI is InChI=1S/C18H21N7O2/c1-12-6-19-17-15(9-22-25(17)10-12)18(27)20-7-13-3-4-24(11-13)14-5-16(26)23(2)21-8-14/h5-6,8-10,13H,3-4,7,11H2,1-2H3,(H,20,27)/t13-/m1/s1. The van der Waals surface area contributed by atoms with Gasteiger partial charge in [-0.3, -0.25) is 9.59 Å². The van der Waals surface area contributed by atoms with Gasteiger partial charge < -0.3 is 10.2 Å². The summed E-state index contributed by atoms with van der Waals surface area (Å²) in [6, 6.07) is 1.60. The highest BCUT2D eigenvalue weighted by atomic mass is 16.1. The molecule has 3 aromatic heterocycles. The van der Waals surface area contributed by atoms with Gasteiger partial charge in [-0.05, 0) is 24.8 Å². The fourth-order valence-electron chi connectivity index (χ4n) is 3.33. The zero-order chi connectivity index (χ0) is 19.0. The molecule has 1 fully saturated rings. The van der Waals surface area contributed by atoms with E-state index >= 15 is 0 Å². The van der Waals surface area contributed by atoms with Gasteiger partial charge in [-0.25, -0.2) is 14.2 Å². The molecule has 3 aromatic rings. The minimum atomic E-state index is -0.171. The van der Waals surface area contributed by atoms with E-state index in [9.17, 15) is 9.59 Å². The lowest BCUT2D eigenvalue weighted by molar-refractivity contribution is 0.0949. The van der Waals surface area contributed by atoms with E-state index in [1.165, 1.54) is 4.68 Å². The van der Waals surface area contributed by atoms with Crippen LogP contribution in [0.25, 0.3) is 5.65 Å². The van der Waals surface area contributed by atoms with Crippen LogP contribution in [0.1, 0.15) is 22.3 Å². The number of hydrogen-bond donors (Lipinski definition) is 1. The van der Waals surface area contributed by atoms with E-state index in [4.69, 9.17) is 0 Å². The summed E-state index contributed by atoms with van der Waals surface area (Å²) in [6.07, 6.45) is 7.76. The fraction of sp³-hybridized carbons (Fsp3) is 0.389. The first-order valence-electron chi connectivity index (χ1n) is 8.88. The number of fused-ring (bicyclic) bond motifs is 1. The van der Waals surface area contributed by atoms with Crippen molar-refractivity contribution in [3.63, 3.8) is 0 Å². The number of rotatable bonds is 4. The van der Waals surface area contributed by atoms with Gasteiger partial charge >= 0.3 is 0 Å². The summed E-state index contributed by atoms with van der Waals surface area (Å²) in [4.78, 5) is 30.7. The molecule has 9 nitrogen and oxygen atoms in total. The van der Waals surface area contributed by atoms with Crippen LogP contribution >= 0.6 is 0 Å². The van der Waals surface area contributed by atoms with Gasteiger partial charge in [0.2, 0.25) is 0 Å². The summed E-state index contributed by atoms with van der Waals surface area (Å²) in [6.45, 7) is 4.11. The molecule has 0 aliphatic carbocycles. The van der Waals surface area contributed by atoms with Crippen molar-refractivity contribution < 1.29 is 4.79 Å². The van der Waals surface area contributed by atoms with Crippen LogP contribution in [-0.4, -0.2) is 49.9 Å². The SMILES string of the molecule is Cc1cnc2c(C(=O)NC[C@H]3CCN(c4cnn(C)c(=O)c4)C3)cnn2c1. The van der Waals surface area contributed by atoms with Gasteiger partial charge in [0.05, 0.1) is 18.1 Å². The molecular weight excluding hydrogens is 346 g/mol. The van der Waals surface area contributed by atoms with Gasteiger partial charge in [0.1, 0.15) is 5.56 Å². The number of nitrogens with one attached hydrogen (secondary N) is 1. The van der Waals surface area contributed by atoms with Crippen LogP contribution in [0.3, 0.4) is 0 Å². The Bertz CT molecular complexity index is 1060. The molecule has 4 rings (SSSR count). The Kier molecular flexibility index (Phi) is 4.35. The predicted molar refractivity (Wildman–Crippen MR) is 99.9 cm³/mol. The summed E-state index contributed by atoms with van der Waals surface area (Å²) < 4.78 is 2.92. The van der Waals surface area contributed by atoms with Crippen molar-refractivity contribution in [2.24, 2.45) is 13.0 Å². The van der Waals surface area contributed by atoms with Crippen molar-refractivity contribution in [1.82, 2.24) is 29.7 Å². The molecular formula is C18H21N7O2. The van der Waals surface area contributed by atoms with Crippen molar-refractivity contribution >= 4 is 17.2 Å². The molecule has 1 aliphatic rings. The van der Waals surface area contributed by atoms with Gasteiger partial charge in [-0.2, -0.15) is 10.2 Å². The van der Waals surface area contributed by atoms with Gasteiger partial charge in [0.15, 0.2) is 5.65 Å². The average molecular weight is 367 g/mol. The molecule has 4 heterocycles. The lowest BCUT2D eigenvalue weighted by atomic mass is 10.1. The number of nitrogens with zero attached hydrogens (tertiary/aromatic N) is 6. The smallest absolute Gasteiger partial charge is 0.268 e. The Balaban J connectivity index is 1.38. The number of hydrogen-bond acceptors (Lipinski definition) is 6. The van der Waals surface area contributed by atoms with Crippen molar-refractivity contribution in [3.8, 4) is 0 Å². The molecule has 0 unspecified atom stereocenters. The van der Waals surface area contributed by atoms with Crippen LogP contribution in [0, 0.1) is 12.8 Å². The normalized spacial score (nSPS) is 16.8. The molecule has 1 aliphatic heterocycles. The Hall–Kier alpha value is -3.23. The van der Waals surface area contributed by atoms with Crippen LogP contribution in [0.15, 0.2) is 35.6 Å². The molecule has 27 heavy (non-hydrogen) atoms. The highest BCUT2D eigenvalue weighted by molar-refractivity contribution is 5.99. The predicted octanol–water partition coefficient (Wildman–Crippen LogP) is 0.388. The summed E-state index contributed by atoms with van der Waals surface area (Å²) in [7, 11) is 1.63. The second-order valence-electron chi connectivity index (χ2n) is 6.94. The molecule has 9 heteroatoms. The lowest BCUT2D eigenvalue weighted by Crippen LogP contribution is -2.31. The topological polar surface area (TPSA) is 97.4 Å². The zero-order valence-corrected chi connectivity index (χ0v) is 15.3. The summed E-state index contributed by atoms with van der Waals surface area (Å²) >= 11 is 0. The molecule has 1 amide bonds. The summed E-state index contributed by atoms with van der Waals surface area (Å²) in [5.41, 5.74) is 2.71. The van der Waals surface area contributed by atoms with Gasteiger partial charge in [0.25, 0.3) is 11.5 Å². The molecule has 1 N–H and O–H groups in total. The van der Waals surface area contributed by atoms with E-state index in [0.717, 1.165) is 30.8 Å². The number of anilines is 1. The number of amides is 1. The largest absolute Gasteiger partial charge is 0.370 e. The number of aryl methyl sites for hydroxylation is 2. The first-order chi connectivity index (χ1) is 13.0. The van der Waals surface area contributed by atoms with Gasteiger partial charge in [-0.1, -0.05) is 0 Å². The quantitative estimate of drug-likeness (QED) is 0.716. The first-order valence-corrected chi connectivity index (χ1v) is 8.88. The minimum absolute atomic E-state index is 0.125. The maximum absolute atomic E-state index is 12.5. The third-order valence-electron chi connectivity index (χ3n) is 4.89. The second-order valence-corrected chi connectivity index (χ2v) is 6.94. The molecule has 0 saturated carbocycles. The Labute approximate surface area is 155 Å². The molecule has 0 bridgehead atoms. The number of carbonyl (C=O) groups excluding carboxylic acids is 1. The fourth-order valence-corrected chi connectivity index (χ4v) is 3.33. The number of carbonyl (C=O) groups is 1. The van der Waals surface area contributed by atoms with E-state index in [0.29, 0.717) is 23.7 Å². The third kappa shape index (κ3) is 3.40. The molecule has 140 valence electrons. The molecule has 1 saturated heterocycles. The van der Waals surface area contributed by atoms with Gasteiger partial charge in [0, 0.05) is 45.1 Å². The van der Waals surface area contributed by atoms with E-state index < -0.39 is 0 Å². The van der Waals surface area contributed by atoms with Crippen LogP contribution < -0.4 is 15.8 Å². The maximum Gasteiger partial charge on any atom is 0.268 e. The summed E-state index contributed by atoms with van der Waals surface area (Å²) in [5, 5.41) is 11.2. The van der Waals surface area contributed by atoms with Crippen molar-refractivity contribution in [2.75, 3.05) is 24.5 Å². The Morgan fingerprint density at radius 2 is 2.15 bits per heavy atom. The van der Waals surface area contributed by atoms with Crippen LogP contribution in [0.4, 0.5) is 5.69 Å². The average Bonchev–Trinajstić information content (AvgIpc) is 3.28. The van der Waals surface area contributed by atoms with E-state index in [1.54, 1.807) is 36.2 Å². The van der Waals surface area contributed by atoms with E-state index in [-0.39, 0.29) is 11.5 Å². The zero-order valence-electron chi connectivity index (χ0n) is 15.3. The summed E-state index contributed by atoms with van der Waals surface area (Å²) in [5.74, 6) is 0.144. The minimum Gasteiger partial charge on any atom is -0.370 e. The van der Waals surface area contributed by atoms with Crippen LogP contribution in [0.5, 0.6) is 0 Å². The highest BCUT2D eigenvalue weighted by Gasteiger charge is 2.24. The number of aromatic nitrogens is 5. The monoisotopic (exact) mass is 367 g/mol. The Morgan fingerprint density at radius 1 is 1.30 bits per heavy atom. The molecule has 0 spiro atoms. The molecule has 0 aromatic carbocycles. The van der Waals surface area contributed by atoms with E-state index in [1.807, 2.05) is 13.1 Å². The van der Waals surface area contributed by atoms with Crippen molar-refractivity contribution in [1.29, 1.82) is 0 Å². The Morgan fingerprint density at radius 3 is 2.96 bits per heavy atom. The molecule has 0 radical (unpaired) electrons. The van der Waals surface area contributed by atoms with Crippen molar-refractivity contribution in [3.05, 3.63) is 52.3 Å². The highest BCUT2D eigenvalue weighted by Crippen LogP contribution is 2.21. The lowest BCUT2D eigenvalue weighted by Gasteiger charge is -2.18. The molecule has 1 atom stereocenters. The van der Waals surface area contributed by atoms with Gasteiger partial charge in [-0.15, -0.1) is 0 Å². The second kappa shape index (κ2) is 6.82. The van der Waals surface area contributed by atoms with Crippen LogP contribution in [0.2, 0.25) is 0 Å². The van der Waals surface area contributed by atoms with E-state index in [2.05, 4.69) is 25.4 Å². The van der Waals surface area contributed by atoms with Crippen molar-refractivity contribution in [2.45, 2.75) is 13.3 Å². The first kappa shape index (κ1) is 17.2. The maximum atomic E-state index is 12.5. The third-order valence-corrected chi connectivity index (χ3v) is 4.89.